The third-order valence-electron chi connectivity index (χ3n) is 4.18. The largest absolute Gasteiger partial charge is 0.381 e. The monoisotopic (exact) mass is 337 g/mol. The number of imide groups is 1. The Morgan fingerprint density at radius 2 is 1.80 bits per heavy atom. The lowest BCUT2D eigenvalue weighted by Gasteiger charge is -2.15. The van der Waals surface area contributed by atoms with Gasteiger partial charge in [0.25, 0.3) is 11.6 Å². The molecule has 0 saturated carbocycles. The van der Waals surface area contributed by atoms with Crippen molar-refractivity contribution in [2.24, 2.45) is 11.1 Å². The molecule has 2 atom stereocenters. The third kappa shape index (κ3) is 2.26. The highest BCUT2D eigenvalue weighted by Crippen LogP contribution is 2.35. The number of fused-ring (bicyclic) bond motifs is 1. The zero-order valence-electron chi connectivity index (χ0n) is 12.7. The van der Waals surface area contributed by atoms with Gasteiger partial charge in [0, 0.05) is 17.7 Å². The summed E-state index contributed by atoms with van der Waals surface area (Å²) < 4.78 is 0. The van der Waals surface area contributed by atoms with E-state index in [0.29, 0.717) is 11.3 Å². The Hall–Kier alpha value is -3.55. The number of nitrogens with zero attached hydrogens (tertiary/aromatic N) is 3. The number of non-ortho nitro benzene ring substituents is 1. The van der Waals surface area contributed by atoms with E-state index in [1.54, 1.807) is 36.4 Å². The summed E-state index contributed by atoms with van der Waals surface area (Å²) in [5, 5.41) is 14.8. The van der Waals surface area contributed by atoms with Crippen molar-refractivity contribution in [3.63, 3.8) is 0 Å². The number of benzene rings is 2. The number of nitro groups is 1. The fourth-order valence-electron chi connectivity index (χ4n) is 3.03. The molecule has 0 aromatic heterocycles. The van der Waals surface area contributed by atoms with Gasteiger partial charge >= 0.3 is 0 Å². The van der Waals surface area contributed by atoms with Crippen LogP contribution in [0.25, 0.3) is 0 Å². The molecule has 2 amide bonds. The molecule has 2 heterocycles. The first-order valence-electron chi connectivity index (χ1n) is 7.49. The van der Waals surface area contributed by atoms with Crippen LogP contribution < -0.4 is 4.90 Å². The third-order valence-corrected chi connectivity index (χ3v) is 4.18. The smallest absolute Gasteiger partial charge is 0.278 e. The van der Waals surface area contributed by atoms with Crippen molar-refractivity contribution in [1.29, 1.82) is 0 Å². The Bertz CT molecular complexity index is 925. The standard InChI is InChI=1S/C17H11N3O5/c21-16-13-14(10-5-4-8-12(9-10)20(23)24)18-25-15(13)17(22)19(16)11-6-2-1-3-7-11/h1-9,13,15H/t13-,15-/m0/s1. The first-order valence-corrected chi connectivity index (χ1v) is 7.49. The van der Waals surface area contributed by atoms with Gasteiger partial charge in [-0.2, -0.15) is 0 Å². The molecule has 4 rings (SSSR count). The first kappa shape index (κ1) is 15.0. The van der Waals surface area contributed by atoms with Crippen LogP contribution in [0.2, 0.25) is 0 Å². The van der Waals surface area contributed by atoms with Gasteiger partial charge in [-0.25, -0.2) is 4.90 Å². The molecule has 2 aliphatic heterocycles. The van der Waals surface area contributed by atoms with Crippen molar-refractivity contribution in [2.75, 3.05) is 4.90 Å². The van der Waals surface area contributed by atoms with Crippen LogP contribution in [0.3, 0.4) is 0 Å². The molecule has 0 aliphatic carbocycles. The van der Waals surface area contributed by atoms with E-state index >= 15 is 0 Å². The SMILES string of the molecule is O=C1[C@H]2C(c3cccc([N+](=O)[O-])c3)=NO[C@@H]2C(=O)N1c1ccccc1. The average Bonchev–Trinajstić information content (AvgIpc) is 3.16. The second-order valence-corrected chi connectivity index (χ2v) is 5.64. The summed E-state index contributed by atoms with van der Waals surface area (Å²) in [6, 6.07) is 14.3. The lowest BCUT2D eigenvalue weighted by atomic mass is 9.94. The summed E-state index contributed by atoms with van der Waals surface area (Å²) in [6.45, 7) is 0. The molecule has 8 nitrogen and oxygen atoms in total. The van der Waals surface area contributed by atoms with Gasteiger partial charge in [0.1, 0.15) is 11.6 Å². The van der Waals surface area contributed by atoms with Crippen molar-refractivity contribution >= 4 is 28.9 Å². The second-order valence-electron chi connectivity index (χ2n) is 5.64. The summed E-state index contributed by atoms with van der Waals surface area (Å²) in [5.74, 6) is -1.86. The molecule has 2 aromatic rings. The molecule has 1 fully saturated rings. The predicted molar refractivity (Wildman–Crippen MR) is 86.9 cm³/mol. The number of rotatable bonds is 3. The highest BCUT2D eigenvalue weighted by atomic mass is 16.7. The number of carbonyl (C=O) groups excluding carboxylic acids is 2. The quantitative estimate of drug-likeness (QED) is 0.483. The Morgan fingerprint density at radius 3 is 2.52 bits per heavy atom. The van der Waals surface area contributed by atoms with Crippen LogP contribution in [0.1, 0.15) is 5.56 Å². The lowest BCUT2D eigenvalue weighted by molar-refractivity contribution is -0.384. The van der Waals surface area contributed by atoms with Gasteiger partial charge in [-0.15, -0.1) is 0 Å². The van der Waals surface area contributed by atoms with Gasteiger partial charge in [-0.3, -0.25) is 19.7 Å². The minimum Gasteiger partial charge on any atom is -0.381 e. The molecule has 0 bridgehead atoms. The summed E-state index contributed by atoms with van der Waals surface area (Å²) >= 11 is 0. The molecular formula is C17H11N3O5. The molecule has 8 heteroatoms. The Labute approximate surface area is 141 Å². The normalized spacial score (nSPS) is 21.8. The van der Waals surface area contributed by atoms with Gasteiger partial charge in [-0.1, -0.05) is 35.5 Å². The van der Waals surface area contributed by atoms with Crippen LogP contribution in [-0.2, 0) is 14.4 Å². The number of carbonyl (C=O) groups is 2. The molecule has 0 spiro atoms. The summed E-state index contributed by atoms with van der Waals surface area (Å²) in [5.41, 5.74) is 0.942. The highest BCUT2D eigenvalue weighted by Gasteiger charge is 2.56. The lowest BCUT2D eigenvalue weighted by Crippen LogP contribution is -2.33. The van der Waals surface area contributed by atoms with Gasteiger partial charge in [0.05, 0.1) is 10.6 Å². The van der Waals surface area contributed by atoms with Crippen LogP contribution in [0.4, 0.5) is 11.4 Å². The first-order chi connectivity index (χ1) is 12.1. The summed E-state index contributed by atoms with van der Waals surface area (Å²) in [6.07, 6.45) is -1.04. The molecule has 0 unspecified atom stereocenters. The molecule has 1 saturated heterocycles. The number of nitro benzene ring substituents is 1. The van der Waals surface area contributed by atoms with E-state index in [2.05, 4.69) is 5.16 Å². The predicted octanol–water partition coefficient (Wildman–Crippen LogP) is 1.89. The molecule has 0 N–H and O–H groups in total. The van der Waals surface area contributed by atoms with Gasteiger partial charge in [-0.05, 0) is 12.1 Å². The highest BCUT2D eigenvalue weighted by molar-refractivity contribution is 6.32. The van der Waals surface area contributed by atoms with Crippen molar-refractivity contribution < 1.29 is 19.3 Å². The number of hydrogen-bond donors (Lipinski definition) is 0. The molecule has 2 aliphatic rings. The number of hydrogen-bond acceptors (Lipinski definition) is 6. The number of amides is 2. The Morgan fingerprint density at radius 1 is 1.04 bits per heavy atom. The zero-order chi connectivity index (χ0) is 17.6. The topological polar surface area (TPSA) is 102 Å². The van der Waals surface area contributed by atoms with Crippen molar-refractivity contribution in [3.05, 3.63) is 70.3 Å². The summed E-state index contributed by atoms with van der Waals surface area (Å²) in [7, 11) is 0. The van der Waals surface area contributed by atoms with Crippen LogP contribution in [0, 0.1) is 16.0 Å². The Balaban J connectivity index is 1.71. The average molecular weight is 337 g/mol. The maximum absolute atomic E-state index is 12.8. The Kier molecular flexibility index (Phi) is 3.31. The number of anilines is 1. The van der Waals surface area contributed by atoms with Crippen LogP contribution in [-0.4, -0.2) is 28.6 Å². The molecule has 124 valence electrons. The minimum atomic E-state index is -1.04. The van der Waals surface area contributed by atoms with E-state index in [9.17, 15) is 19.7 Å². The molecule has 2 aromatic carbocycles. The number of oxime groups is 1. The fraction of sp³-hybridized carbons (Fsp3) is 0.118. The van der Waals surface area contributed by atoms with E-state index in [4.69, 9.17) is 4.84 Å². The van der Waals surface area contributed by atoms with Crippen LogP contribution >= 0.6 is 0 Å². The van der Waals surface area contributed by atoms with E-state index in [1.165, 1.54) is 18.2 Å². The zero-order valence-corrected chi connectivity index (χ0v) is 12.7. The van der Waals surface area contributed by atoms with Crippen molar-refractivity contribution in [3.8, 4) is 0 Å². The van der Waals surface area contributed by atoms with E-state index in [1.807, 2.05) is 0 Å². The second kappa shape index (κ2) is 5.52. The molecular weight excluding hydrogens is 326 g/mol. The molecule has 25 heavy (non-hydrogen) atoms. The summed E-state index contributed by atoms with van der Waals surface area (Å²) in [4.78, 5) is 42.0. The van der Waals surface area contributed by atoms with Gasteiger partial charge in [0.2, 0.25) is 12.0 Å². The maximum Gasteiger partial charge on any atom is 0.278 e. The van der Waals surface area contributed by atoms with Crippen molar-refractivity contribution in [1.82, 2.24) is 0 Å². The van der Waals surface area contributed by atoms with Crippen LogP contribution in [0.15, 0.2) is 59.8 Å². The van der Waals surface area contributed by atoms with E-state index in [-0.39, 0.29) is 11.4 Å². The van der Waals surface area contributed by atoms with Crippen molar-refractivity contribution in [2.45, 2.75) is 6.10 Å². The molecule has 0 radical (unpaired) electrons. The maximum atomic E-state index is 12.8. The fourth-order valence-corrected chi connectivity index (χ4v) is 3.03. The minimum absolute atomic E-state index is 0.125. The van der Waals surface area contributed by atoms with Gasteiger partial charge in [0.15, 0.2) is 0 Å². The van der Waals surface area contributed by atoms with Crippen LogP contribution in [0.5, 0.6) is 0 Å². The number of para-hydroxylation sites is 1. The van der Waals surface area contributed by atoms with Gasteiger partial charge < -0.3 is 4.84 Å². The van der Waals surface area contributed by atoms with E-state index in [0.717, 1.165) is 4.90 Å². The van der Waals surface area contributed by atoms with E-state index < -0.39 is 28.8 Å².